The highest BCUT2D eigenvalue weighted by Gasteiger charge is 2.12. The number of pyridine rings is 1. The molecular weight excluding hydrogens is 454 g/mol. The Kier molecular flexibility index (Phi) is 7.93. The average molecular weight is 482 g/mol. The van der Waals surface area contributed by atoms with Crippen molar-refractivity contribution in [3.8, 4) is 17.2 Å². The first-order valence-electron chi connectivity index (χ1n) is 11.5. The monoisotopic (exact) mass is 481 g/mol. The van der Waals surface area contributed by atoms with E-state index in [1.54, 1.807) is 62.8 Å². The molecule has 4 rings (SSSR count). The van der Waals surface area contributed by atoms with Crippen molar-refractivity contribution in [2.75, 3.05) is 19.5 Å². The zero-order chi connectivity index (χ0) is 25.3. The van der Waals surface area contributed by atoms with Crippen LogP contribution in [0.5, 0.6) is 17.2 Å². The van der Waals surface area contributed by atoms with Gasteiger partial charge in [0, 0.05) is 37.5 Å². The summed E-state index contributed by atoms with van der Waals surface area (Å²) in [5.41, 5.74) is 4.56. The number of methoxy groups -OCH3 is 1. The highest BCUT2D eigenvalue weighted by atomic mass is 16.5. The van der Waals surface area contributed by atoms with Crippen molar-refractivity contribution >= 4 is 17.9 Å². The molecule has 36 heavy (non-hydrogen) atoms. The van der Waals surface area contributed by atoms with Crippen LogP contribution in [0.1, 0.15) is 37.5 Å². The van der Waals surface area contributed by atoms with Crippen molar-refractivity contribution in [2.45, 2.75) is 13.0 Å². The number of anilines is 1. The number of nitrogens with one attached hydrogen (secondary N) is 2. The Morgan fingerprint density at radius 2 is 1.72 bits per heavy atom. The fourth-order valence-electron chi connectivity index (χ4n) is 3.65. The van der Waals surface area contributed by atoms with E-state index >= 15 is 0 Å². The second kappa shape index (κ2) is 11.7. The number of aldehydes is 1. The van der Waals surface area contributed by atoms with Crippen molar-refractivity contribution < 1.29 is 19.1 Å². The van der Waals surface area contributed by atoms with Crippen LogP contribution in [0.15, 0.2) is 85.1 Å². The molecule has 3 aromatic carbocycles. The lowest BCUT2D eigenvalue weighted by molar-refractivity contribution is 0.0950. The molecule has 0 aliphatic carbocycles. The van der Waals surface area contributed by atoms with Gasteiger partial charge in [0.2, 0.25) is 0 Å². The molecule has 1 amide bonds. The molecule has 4 aromatic rings. The summed E-state index contributed by atoms with van der Waals surface area (Å²) in [4.78, 5) is 28.6. The summed E-state index contributed by atoms with van der Waals surface area (Å²) in [5, 5.41) is 5.97. The average Bonchev–Trinajstić information content (AvgIpc) is 2.93. The fraction of sp³-hybridized carbons (Fsp3) is 0.138. The van der Waals surface area contributed by atoms with E-state index in [2.05, 4.69) is 15.6 Å². The molecule has 0 bridgehead atoms. The quantitative estimate of drug-likeness (QED) is 0.301. The lowest BCUT2D eigenvalue weighted by Crippen LogP contribution is -2.23. The molecule has 0 aliphatic rings. The lowest BCUT2D eigenvalue weighted by Gasteiger charge is -2.14. The minimum atomic E-state index is -0.214. The van der Waals surface area contributed by atoms with Gasteiger partial charge in [-0.15, -0.1) is 0 Å². The summed E-state index contributed by atoms with van der Waals surface area (Å²) >= 11 is 0. The molecule has 7 heteroatoms. The van der Waals surface area contributed by atoms with Gasteiger partial charge >= 0.3 is 0 Å². The summed E-state index contributed by atoms with van der Waals surface area (Å²) in [6.07, 6.45) is 3.24. The van der Waals surface area contributed by atoms with Gasteiger partial charge in [-0.3, -0.25) is 14.6 Å². The van der Waals surface area contributed by atoms with Gasteiger partial charge < -0.3 is 20.1 Å². The molecule has 182 valence electrons. The lowest BCUT2D eigenvalue weighted by atomic mass is 10.1. The summed E-state index contributed by atoms with van der Waals surface area (Å²) < 4.78 is 11.1. The first-order valence-corrected chi connectivity index (χ1v) is 11.5. The molecule has 0 saturated heterocycles. The predicted octanol–water partition coefficient (Wildman–Crippen LogP) is 5.26. The molecule has 0 spiro atoms. The third kappa shape index (κ3) is 6.07. The van der Waals surface area contributed by atoms with Gasteiger partial charge in [0.25, 0.3) is 5.91 Å². The summed E-state index contributed by atoms with van der Waals surface area (Å²) in [5.74, 6) is 1.57. The number of hydrogen-bond acceptors (Lipinski definition) is 6. The zero-order valence-electron chi connectivity index (χ0n) is 20.2. The molecular formula is C29H27N3O4. The Hall–Kier alpha value is -4.65. The smallest absolute Gasteiger partial charge is 0.251 e. The Bertz CT molecular complexity index is 1340. The first kappa shape index (κ1) is 24.5. The zero-order valence-corrected chi connectivity index (χ0v) is 20.2. The highest BCUT2D eigenvalue weighted by Crippen LogP contribution is 2.31. The molecule has 0 unspecified atom stereocenters. The second-order valence-corrected chi connectivity index (χ2v) is 8.08. The molecule has 0 fully saturated rings. The van der Waals surface area contributed by atoms with Gasteiger partial charge in [-0.25, -0.2) is 0 Å². The molecule has 7 nitrogen and oxygen atoms in total. The number of hydrogen-bond donors (Lipinski definition) is 2. The highest BCUT2D eigenvalue weighted by molar-refractivity contribution is 5.95. The van der Waals surface area contributed by atoms with Gasteiger partial charge in [-0.05, 0) is 59.7 Å². The van der Waals surface area contributed by atoms with Crippen molar-refractivity contribution in [3.63, 3.8) is 0 Å². The SMILES string of the molecule is CNc1cc(C(=O)NCc2ccc(Cc3ccc(OC)cc3)nc2)ccc1Oc1ccccc1C=O. The minimum absolute atomic E-state index is 0.214. The fourth-order valence-corrected chi connectivity index (χ4v) is 3.65. The first-order chi connectivity index (χ1) is 17.6. The third-order valence-corrected chi connectivity index (χ3v) is 5.66. The molecule has 0 atom stereocenters. The molecule has 0 saturated carbocycles. The van der Waals surface area contributed by atoms with Crippen molar-refractivity contribution in [3.05, 3.63) is 113 Å². The number of nitrogens with zero attached hydrogens (tertiary/aromatic N) is 1. The number of rotatable bonds is 10. The number of carbonyl (C=O) groups is 2. The summed E-state index contributed by atoms with van der Waals surface area (Å²) in [6, 6.07) is 23.9. The van der Waals surface area contributed by atoms with Crippen LogP contribution in [-0.2, 0) is 13.0 Å². The van der Waals surface area contributed by atoms with Gasteiger partial charge in [-0.2, -0.15) is 0 Å². The predicted molar refractivity (Wildman–Crippen MR) is 139 cm³/mol. The maximum absolute atomic E-state index is 12.8. The molecule has 0 aliphatic heterocycles. The van der Waals surface area contributed by atoms with E-state index in [0.29, 0.717) is 34.9 Å². The van der Waals surface area contributed by atoms with Gasteiger partial charge in [0.1, 0.15) is 11.5 Å². The standard InChI is InChI=1S/C29H27N3O4/c1-30-26-16-22(10-14-28(26)36-27-6-4-3-5-23(27)19-33)29(34)32-18-21-7-11-24(31-17-21)15-20-8-12-25(35-2)13-9-20/h3-14,16-17,19,30H,15,18H2,1-2H3,(H,32,34). The van der Waals surface area contributed by atoms with Crippen molar-refractivity contribution in [2.24, 2.45) is 0 Å². The van der Waals surface area contributed by atoms with Crippen LogP contribution < -0.4 is 20.1 Å². The number of aromatic nitrogens is 1. The van der Waals surface area contributed by atoms with Crippen molar-refractivity contribution in [1.29, 1.82) is 0 Å². The van der Waals surface area contributed by atoms with Crippen LogP contribution in [0.4, 0.5) is 5.69 Å². The van der Waals surface area contributed by atoms with E-state index < -0.39 is 0 Å². The second-order valence-electron chi connectivity index (χ2n) is 8.08. The topological polar surface area (TPSA) is 89.6 Å². The van der Waals surface area contributed by atoms with Gasteiger partial charge in [-0.1, -0.05) is 30.3 Å². The van der Waals surface area contributed by atoms with E-state index in [0.717, 1.165) is 35.3 Å². The van der Waals surface area contributed by atoms with Crippen LogP contribution in [0.25, 0.3) is 0 Å². The molecule has 1 heterocycles. The van der Waals surface area contributed by atoms with E-state index in [4.69, 9.17) is 9.47 Å². The van der Waals surface area contributed by atoms with Crippen LogP contribution >= 0.6 is 0 Å². The van der Waals surface area contributed by atoms with Crippen molar-refractivity contribution in [1.82, 2.24) is 10.3 Å². The van der Waals surface area contributed by atoms with Crippen LogP contribution in [0.3, 0.4) is 0 Å². The van der Waals surface area contributed by atoms with E-state index in [-0.39, 0.29) is 5.91 Å². The molecule has 2 N–H and O–H groups in total. The summed E-state index contributed by atoms with van der Waals surface area (Å²) in [7, 11) is 3.39. The van der Waals surface area contributed by atoms with Crippen LogP contribution in [0.2, 0.25) is 0 Å². The maximum Gasteiger partial charge on any atom is 0.251 e. The third-order valence-electron chi connectivity index (χ3n) is 5.66. The number of para-hydroxylation sites is 1. The number of ether oxygens (including phenoxy) is 2. The number of benzene rings is 3. The number of carbonyl (C=O) groups excluding carboxylic acids is 2. The minimum Gasteiger partial charge on any atom is -0.497 e. The van der Waals surface area contributed by atoms with E-state index in [1.165, 1.54) is 0 Å². The molecule has 0 radical (unpaired) electrons. The Morgan fingerprint density at radius 1 is 0.944 bits per heavy atom. The Labute approximate surface area is 210 Å². The van der Waals surface area contributed by atoms with E-state index in [9.17, 15) is 9.59 Å². The Balaban J connectivity index is 1.36. The van der Waals surface area contributed by atoms with E-state index in [1.807, 2.05) is 36.4 Å². The van der Waals surface area contributed by atoms with Crippen LogP contribution in [0, 0.1) is 0 Å². The van der Waals surface area contributed by atoms with Crippen LogP contribution in [-0.4, -0.2) is 31.3 Å². The van der Waals surface area contributed by atoms with Gasteiger partial charge in [0.05, 0.1) is 18.4 Å². The van der Waals surface area contributed by atoms with Gasteiger partial charge in [0.15, 0.2) is 12.0 Å². The largest absolute Gasteiger partial charge is 0.497 e. The normalized spacial score (nSPS) is 10.4. The summed E-state index contributed by atoms with van der Waals surface area (Å²) in [6.45, 7) is 0.356. The maximum atomic E-state index is 12.8. The number of amides is 1. The molecule has 1 aromatic heterocycles. The Morgan fingerprint density at radius 3 is 2.42 bits per heavy atom.